The van der Waals surface area contributed by atoms with E-state index >= 15 is 0 Å². The monoisotopic (exact) mass is 293 g/mol. The highest BCUT2D eigenvalue weighted by Gasteiger charge is 2.04. The molecule has 0 fully saturated rings. The summed E-state index contributed by atoms with van der Waals surface area (Å²) in [7, 11) is 1.66. The molecule has 4 heteroatoms. The lowest BCUT2D eigenvalue weighted by Crippen LogP contribution is -2.05. The zero-order chi connectivity index (χ0) is 15.2. The third-order valence-electron chi connectivity index (χ3n) is 3.62. The van der Waals surface area contributed by atoms with E-state index in [4.69, 9.17) is 4.74 Å². The first kappa shape index (κ1) is 14.3. The molecule has 0 atom stereocenters. The van der Waals surface area contributed by atoms with Gasteiger partial charge in [-0.15, -0.1) is 0 Å². The number of nitrogens with one attached hydrogen (secondary N) is 1. The van der Waals surface area contributed by atoms with Crippen molar-refractivity contribution < 1.29 is 4.74 Å². The van der Waals surface area contributed by atoms with Crippen molar-refractivity contribution in [3.63, 3.8) is 0 Å². The standard InChI is InChI=1S/C18H19N3O/c1-22-15-9-10-17-16(12-15)18(21-13-20-17)19-11-5-8-14-6-3-2-4-7-14/h2-4,6-7,9-10,12-13H,5,8,11H2,1H3,(H,19,20,21). The van der Waals surface area contributed by atoms with Crippen LogP contribution in [0.2, 0.25) is 0 Å². The average molecular weight is 293 g/mol. The van der Waals surface area contributed by atoms with Gasteiger partial charge in [0.25, 0.3) is 0 Å². The van der Waals surface area contributed by atoms with Gasteiger partial charge in [-0.3, -0.25) is 0 Å². The van der Waals surface area contributed by atoms with Crippen molar-refractivity contribution in [1.82, 2.24) is 9.97 Å². The lowest BCUT2D eigenvalue weighted by Gasteiger charge is -2.09. The van der Waals surface area contributed by atoms with E-state index in [2.05, 4.69) is 39.6 Å². The Bertz CT molecular complexity index is 744. The molecule has 3 rings (SSSR count). The van der Waals surface area contributed by atoms with Crippen molar-refractivity contribution in [3.8, 4) is 5.75 Å². The van der Waals surface area contributed by atoms with Crippen LogP contribution in [0.1, 0.15) is 12.0 Å². The molecule has 4 nitrogen and oxygen atoms in total. The lowest BCUT2D eigenvalue weighted by atomic mass is 10.1. The van der Waals surface area contributed by atoms with Gasteiger partial charge < -0.3 is 10.1 Å². The van der Waals surface area contributed by atoms with Crippen LogP contribution in [0.15, 0.2) is 54.9 Å². The van der Waals surface area contributed by atoms with E-state index in [1.54, 1.807) is 13.4 Å². The van der Waals surface area contributed by atoms with Crippen LogP contribution in [0.5, 0.6) is 5.75 Å². The van der Waals surface area contributed by atoms with Crippen molar-refractivity contribution in [2.45, 2.75) is 12.8 Å². The Morgan fingerprint density at radius 2 is 1.91 bits per heavy atom. The van der Waals surface area contributed by atoms with Gasteiger partial charge in [0.1, 0.15) is 17.9 Å². The van der Waals surface area contributed by atoms with Crippen LogP contribution in [0.4, 0.5) is 5.82 Å². The second kappa shape index (κ2) is 6.89. The molecule has 22 heavy (non-hydrogen) atoms. The minimum Gasteiger partial charge on any atom is -0.497 e. The fraction of sp³-hybridized carbons (Fsp3) is 0.222. The Morgan fingerprint density at radius 3 is 2.73 bits per heavy atom. The molecule has 0 spiro atoms. The number of hydrogen-bond acceptors (Lipinski definition) is 4. The minimum absolute atomic E-state index is 0.814. The maximum atomic E-state index is 5.28. The highest BCUT2D eigenvalue weighted by atomic mass is 16.5. The quantitative estimate of drug-likeness (QED) is 0.704. The molecule has 1 heterocycles. The van der Waals surface area contributed by atoms with Gasteiger partial charge in [0.2, 0.25) is 0 Å². The number of benzene rings is 2. The molecule has 3 aromatic rings. The number of ether oxygens (including phenoxy) is 1. The van der Waals surface area contributed by atoms with Crippen LogP contribution >= 0.6 is 0 Å². The van der Waals surface area contributed by atoms with Gasteiger partial charge in [-0.2, -0.15) is 0 Å². The first-order valence-electron chi connectivity index (χ1n) is 7.43. The fourth-order valence-electron chi connectivity index (χ4n) is 2.45. The predicted molar refractivity (Wildman–Crippen MR) is 89.3 cm³/mol. The maximum absolute atomic E-state index is 5.28. The van der Waals surface area contributed by atoms with Gasteiger partial charge in [0.05, 0.1) is 12.6 Å². The van der Waals surface area contributed by atoms with E-state index < -0.39 is 0 Å². The predicted octanol–water partition coefficient (Wildman–Crippen LogP) is 3.68. The molecule has 0 amide bonds. The van der Waals surface area contributed by atoms with E-state index in [0.717, 1.165) is 41.9 Å². The molecule has 1 aromatic heterocycles. The second-order valence-corrected chi connectivity index (χ2v) is 5.12. The number of methoxy groups -OCH3 is 1. The summed E-state index contributed by atoms with van der Waals surface area (Å²) >= 11 is 0. The van der Waals surface area contributed by atoms with Crippen molar-refractivity contribution in [2.24, 2.45) is 0 Å². The molecule has 1 N–H and O–H groups in total. The summed E-state index contributed by atoms with van der Waals surface area (Å²) < 4.78 is 5.28. The van der Waals surface area contributed by atoms with Gasteiger partial charge in [-0.05, 0) is 36.6 Å². The maximum Gasteiger partial charge on any atom is 0.137 e. The summed E-state index contributed by atoms with van der Waals surface area (Å²) in [5.41, 5.74) is 2.28. The Kier molecular flexibility index (Phi) is 4.49. The number of rotatable bonds is 6. The van der Waals surface area contributed by atoms with Gasteiger partial charge in [0.15, 0.2) is 0 Å². The highest BCUT2D eigenvalue weighted by Crippen LogP contribution is 2.24. The van der Waals surface area contributed by atoms with E-state index in [1.807, 2.05) is 24.3 Å². The molecule has 0 saturated heterocycles. The number of fused-ring (bicyclic) bond motifs is 1. The second-order valence-electron chi connectivity index (χ2n) is 5.12. The number of nitrogens with zero attached hydrogens (tertiary/aromatic N) is 2. The average Bonchev–Trinajstić information content (AvgIpc) is 2.59. The summed E-state index contributed by atoms with van der Waals surface area (Å²) in [4.78, 5) is 8.64. The molecular formula is C18H19N3O. The molecule has 0 aliphatic carbocycles. The van der Waals surface area contributed by atoms with Crippen molar-refractivity contribution in [2.75, 3.05) is 19.0 Å². The summed E-state index contributed by atoms with van der Waals surface area (Å²) in [6.07, 6.45) is 3.70. The first-order chi connectivity index (χ1) is 10.9. The molecule has 0 bridgehead atoms. The number of anilines is 1. The normalized spacial score (nSPS) is 10.6. The Labute approximate surface area is 130 Å². The largest absolute Gasteiger partial charge is 0.497 e. The first-order valence-corrected chi connectivity index (χ1v) is 7.43. The third kappa shape index (κ3) is 3.34. The topological polar surface area (TPSA) is 47.0 Å². The summed E-state index contributed by atoms with van der Waals surface area (Å²) in [6, 6.07) is 16.3. The molecule has 0 aliphatic heterocycles. The number of aromatic nitrogens is 2. The Balaban J connectivity index is 1.66. The molecule has 2 aromatic carbocycles. The van der Waals surface area contributed by atoms with Gasteiger partial charge >= 0.3 is 0 Å². The van der Waals surface area contributed by atoms with Crippen LogP contribution in [0, 0.1) is 0 Å². The Morgan fingerprint density at radius 1 is 1.05 bits per heavy atom. The van der Waals surface area contributed by atoms with Crippen LogP contribution < -0.4 is 10.1 Å². The van der Waals surface area contributed by atoms with Gasteiger partial charge in [0, 0.05) is 11.9 Å². The smallest absolute Gasteiger partial charge is 0.137 e. The Hall–Kier alpha value is -2.62. The van der Waals surface area contributed by atoms with Crippen LogP contribution in [-0.4, -0.2) is 23.6 Å². The molecule has 112 valence electrons. The molecule has 0 saturated carbocycles. The van der Waals surface area contributed by atoms with E-state index in [-0.39, 0.29) is 0 Å². The van der Waals surface area contributed by atoms with Crippen LogP contribution in [0.25, 0.3) is 10.9 Å². The van der Waals surface area contributed by atoms with Crippen LogP contribution in [-0.2, 0) is 6.42 Å². The number of aryl methyl sites for hydroxylation is 1. The van der Waals surface area contributed by atoms with E-state index in [9.17, 15) is 0 Å². The van der Waals surface area contributed by atoms with E-state index in [0.29, 0.717) is 0 Å². The fourth-order valence-corrected chi connectivity index (χ4v) is 2.45. The number of hydrogen-bond donors (Lipinski definition) is 1. The van der Waals surface area contributed by atoms with Crippen molar-refractivity contribution in [1.29, 1.82) is 0 Å². The SMILES string of the molecule is COc1ccc2ncnc(NCCCc3ccccc3)c2c1. The van der Waals surface area contributed by atoms with E-state index in [1.165, 1.54) is 5.56 Å². The molecule has 0 radical (unpaired) electrons. The molecule has 0 unspecified atom stereocenters. The van der Waals surface area contributed by atoms with Crippen LogP contribution in [0.3, 0.4) is 0 Å². The van der Waals surface area contributed by atoms with Crippen molar-refractivity contribution >= 4 is 16.7 Å². The summed E-state index contributed by atoms with van der Waals surface area (Å²) in [5.74, 6) is 1.67. The third-order valence-corrected chi connectivity index (χ3v) is 3.62. The summed E-state index contributed by atoms with van der Waals surface area (Å²) in [6.45, 7) is 0.873. The van der Waals surface area contributed by atoms with Crippen molar-refractivity contribution in [3.05, 3.63) is 60.4 Å². The zero-order valence-corrected chi connectivity index (χ0v) is 12.6. The van der Waals surface area contributed by atoms with Gasteiger partial charge in [-0.25, -0.2) is 9.97 Å². The lowest BCUT2D eigenvalue weighted by molar-refractivity contribution is 0.415. The summed E-state index contributed by atoms with van der Waals surface area (Å²) in [5, 5.41) is 4.39. The molecular weight excluding hydrogens is 274 g/mol. The highest BCUT2D eigenvalue weighted by molar-refractivity contribution is 5.89. The molecule has 0 aliphatic rings. The van der Waals surface area contributed by atoms with Gasteiger partial charge in [-0.1, -0.05) is 30.3 Å². The zero-order valence-electron chi connectivity index (χ0n) is 12.6. The minimum atomic E-state index is 0.814.